The van der Waals surface area contributed by atoms with Gasteiger partial charge < -0.3 is 5.11 Å². The van der Waals surface area contributed by atoms with Crippen molar-refractivity contribution in [3.63, 3.8) is 0 Å². The van der Waals surface area contributed by atoms with Gasteiger partial charge in [0.15, 0.2) is 5.78 Å². The van der Waals surface area contributed by atoms with Crippen molar-refractivity contribution in [1.29, 1.82) is 0 Å². The van der Waals surface area contributed by atoms with Crippen LogP contribution in [0.15, 0.2) is 66.7 Å². The van der Waals surface area contributed by atoms with Crippen LogP contribution in [0.1, 0.15) is 66.6 Å². The number of benzene rings is 3. The maximum atomic E-state index is 13.1. The summed E-state index contributed by atoms with van der Waals surface area (Å²) in [6, 6.07) is 21.5. The van der Waals surface area contributed by atoms with Crippen LogP contribution in [0.3, 0.4) is 0 Å². The number of ketones is 1. The Morgan fingerprint density at radius 3 is 1.67 bits per heavy atom. The van der Waals surface area contributed by atoms with Gasteiger partial charge in [-0.3, -0.25) is 4.79 Å². The second-order valence-corrected chi connectivity index (χ2v) is 7.59. The zero-order valence-corrected chi connectivity index (χ0v) is 16.4. The molecule has 0 heterocycles. The Bertz CT molecular complexity index is 907. The van der Waals surface area contributed by atoms with Crippen LogP contribution in [0.2, 0.25) is 0 Å². The van der Waals surface area contributed by atoms with Gasteiger partial charge >= 0.3 is 0 Å². The van der Waals surface area contributed by atoms with Gasteiger partial charge in [0, 0.05) is 11.1 Å². The number of rotatable bonds is 5. The monoisotopic (exact) mass is 358 g/mol. The van der Waals surface area contributed by atoms with Crippen molar-refractivity contribution in [3.05, 3.63) is 89.0 Å². The molecule has 0 aliphatic heterocycles. The fraction of sp³-hybridized carbons (Fsp3) is 0.240. The summed E-state index contributed by atoms with van der Waals surface area (Å²) < 4.78 is 0. The molecule has 0 spiro atoms. The average molecular weight is 358 g/mol. The number of aromatic hydroxyl groups is 1. The number of phenols is 1. The zero-order valence-electron chi connectivity index (χ0n) is 16.4. The Morgan fingerprint density at radius 2 is 1.19 bits per heavy atom. The molecule has 3 aromatic rings. The number of hydrogen-bond acceptors (Lipinski definition) is 2. The van der Waals surface area contributed by atoms with E-state index in [1.807, 2.05) is 82.3 Å². The first-order valence-electron chi connectivity index (χ1n) is 9.45. The molecule has 138 valence electrons. The minimum atomic E-state index is -0.0154. The van der Waals surface area contributed by atoms with Crippen LogP contribution in [0, 0.1) is 0 Å². The van der Waals surface area contributed by atoms with Gasteiger partial charge in [-0.05, 0) is 46.2 Å². The highest BCUT2D eigenvalue weighted by molar-refractivity contribution is 6.09. The Morgan fingerprint density at radius 1 is 0.704 bits per heavy atom. The largest absolute Gasteiger partial charge is 0.507 e. The quantitative estimate of drug-likeness (QED) is 0.526. The third-order valence-corrected chi connectivity index (χ3v) is 4.93. The Labute approximate surface area is 161 Å². The van der Waals surface area contributed by atoms with Crippen molar-refractivity contribution in [2.45, 2.75) is 39.5 Å². The van der Waals surface area contributed by atoms with E-state index >= 15 is 0 Å². The van der Waals surface area contributed by atoms with Gasteiger partial charge in [0.25, 0.3) is 0 Å². The van der Waals surface area contributed by atoms with Crippen molar-refractivity contribution in [3.8, 4) is 16.9 Å². The van der Waals surface area contributed by atoms with Crippen molar-refractivity contribution in [1.82, 2.24) is 0 Å². The second-order valence-electron chi connectivity index (χ2n) is 7.59. The van der Waals surface area contributed by atoms with Gasteiger partial charge in [0.2, 0.25) is 0 Å². The van der Waals surface area contributed by atoms with Crippen LogP contribution < -0.4 is 0 Å². The molecule has 0 radical (unpaired) electrons. The summed E-state index contributed by atoms with van der Waals surface area (Å²) >= 11 is 0. The molecule has 0 saturated heterocycles. The highest BCUT2D eigenvalue weighted by Crippen LogP contribution is 2.35. The lowest BCUT2D eigenvalue weighted by Crippen LogP contribution is -2.05. The minimum Gasteiger partial charge on any atom is -0.507 e. The van der Waals surface area contributed by atoms with E-state index in [9.17, 15) is 9.90 Å². The molecule has 0 unspecified atom stereocenters. The normalized spacial score (nSPS) is 11.2. The zero-order chi connectivity index (χ0) is 19.6. The van der Waals surface area contributed by atoms with Crippen LogP contribution in [0.5, 0.6) is 5.75 Å². The smallest absolute Gasteiger partial charge is 0.193 e. The molecule has 1 N–H and O–H groups in total. The average Bonchev–Trinajstić information content (AvgIpc) is 2.68. The lowest BCUT2D eigenvalue weighted by Gasteiger charge is -2.17. The third kappa shape index (κ3) is 3.95. The molecule has 27 heavy (non-hydrogen) atoms. The first-order chi connectivity index (χ1) is 12.9. The summed E-state index contributed by atoms with van der Waals surface area (Å²) in [6.07, 6.45) is 0. The molecule has 3 rings (SSSR count). The van der Waals surface area contributed by atoms with Gasteiger partial charge in [0.1, 0.15) is 5.75 Å². The maximum Gasteiger partial charge on any atom is 0.193 e. The Balaban J connectivity index is 1.98. The van der Waals surface area contributed by atoms with Crippen LogP contribution in [-0.2, 0) is 0 Å². The fourth-order valence-corrected chi connectivity index (χ4v) is 3.30. The molecule has 3 aromatic carbocycles. The van der Waals surface area contributed by atoms with E-state index in [1.54, 1.807) is 0 Å². The summed E-state index contributed by atoms with van der Waals surface area (Å²) in [5.74, 6) is 0.598. The molecule has 0 aliphatic carbocycles. The fourth-order valence-electron chi connectivity index (χ4n) is 3.30. The first-order valence-corrected chi connectivity index (χ1v) is 9.45. The van der Waals surface area contributed by atoms with Gasteiger partial charge in [-0.1, -0.05) is 82.3 Å². The van der Waals surface area contributed by atoms with Crippen LogP contribution in [0.25, 0.3) is 11.1 Å². The summed E-state index contributed by atoms with van der Waals surface area (Å²) in [5, 5.41) is 10.6. The Kier molecular flexibility index (Phi) is 5.46. The molecular formula is C25H26O2. The van der Waals surface area contributed by atoms with E-state index in [2.05, 4.69) is 12.1 Å². The van der Waals surface area contributed by atoms with E-state index in [0.29, 0.717) is 16.9 Å². The second kappa shape index (κ2) is 7.79. The molecule has 2 heteroatoms. The van der Waals surface area contributed by atoms with Crippen LogP contribution in [-0.4, -0.2) is 10.9 Å². The molecule has 0 bridgehead atoms. The van der Waals surface area contributed by atoms with E-state index in [0.717, 1.165) is 22.3 Å². The summed E-state index contributed by atoms with van der Waals surface area (Å²) in [5.41, 5.74) is 5.15. The molecular weight excluding hydrogens is 332 g/mol. The van der Waals surface area contributed by atoms with Crippen LogP contribution >= 0.6 is 0 Å². The van der Waals surface area contributed by atoms with E-state index in [-0.39, 0.29) is 17.6 Å². The summed E-state index contributed by atoms with van der Waals surface area (Å²) in [6.45, 7) is 8.12. The van der Waals surface area contributed by atoms with Crippen molar-refractivity contribution in [2.24, 2.45) is 0 Å². The lowest BCUT2D eigenvalue weighted by molar-refractivity contribution is 0.103. The molecule has 0 atom stereocenters. The highest BCUT2D eigenvalue weighted by atomic mass is 16.3. The molecule has 0 aliphatic rings. The SMILES string of the molecule is CC(C)c1cc(C(=O)c2ccc(-c3ccccc3)cc2)cc(C(C)C)c1O. The first kappa shape index (κ1) is 18.9. The van der Waals surface area contributed by atoms with Gasteiger partial charge in [-0.2, -0.15) is 0 Å². The van der Waals surface area contributed by atoms with E-state index in [1.165, 1.54) is 0 Å². The maximum absolute atomic E-state index is 13.1. The standard InChI is InChI=1S/C25H26O2/c1-16(2)22-14-21(15-23(17(3)4)25(22)27)24(26)20-12-10-19(11-13-20)18-8-6-5-7-9-18/h5-17,27H,1-4H3. The predicted molar refractivity (Wildman–Crippen MR) is 112 cm³/mol. The molecule has 0 aromatic heterocycles. The van der Waals surface area contributed by atoms with Gasteiger partial charge in [-0.15, -0.1) is 0 Å². The molecule has 2 nitrogen and oxygen atoms in total. The number of phenolic OH excluding ortho intramolecular Hbond substituents is 1. The summed E-state index contributed by atoms with van der Waals surface area (Å²) in [4.78, 5) is 13.1. The van der Waals surface area contributed by atoms with Crippen LogP contribution in [0.4, 0.5) is 0 Å². The highest BCUT2D eigenvalue weighted by Gasteiger charge is 2.19. The van der Waals surface area contributed by atoms with E-state index in [4.69, 9.17) is 0 Å². The number of hydrogen-bond donors (Lipinski definition) is 1. The third-order valence-electron chi connectivity index (χ3n) is 4.93. The van der Waals surface area contributed by atoms with Crippen molar-refractivity contribution in [2.75, 3.05) is 0 Å². The van der Waals surface area contributed by atoms with E-state index < -0.39 is 0 Å². The number of carbonyl (C=O) groups is 1. The van der Waals surface area contributed by atoms with Crippen molar-refractivity contribution < 1.29 is 9.90 Å². The topological polar surface area (TPSA) is 37.3 Å². The molecule has 0 amide bonds. The minimum absolute atomic E-state index is 0.0154. The molecule has 0 saturated carbocycles. The van der Waals surface area contributed by atoms with Gasteiger partial charge in [0.05, 0.1) is 0 Å². The summed E-state index contributed by atoms with van der Waals surface area (Å²) in [7, 11) is 0. The Hall–Kier alpha value is -2.87. The molecule has 0 fully saturated rings. The van der Waals surface area contributed by atoms with Crippen molar-refractivity contribution >= 4 is 5.78 Å². The van der Waals surface area contributed by atoms with Gasteiger partial charge in [-0.25, -0.2) is 0 Å². The number of carbonyl (C=O) groups excluding carboxylic acids is 1. The predicted octanol–water partition coefficient (Wildman–Crippen LogP) is 6.54. The lowest BCUT2D eigenvalue weighted by atomic mass is 9.89.